The van der Waals surface area contributed by atoms with Crippen LogP contribution in [0.3, 0.4) is 0 Å². The van der Waals surface area contributed by atoms with Crippen molar-refractivity contribution in [3.05, 3.63) is 70.2 Å². The minimum atomic E-state index is -4.10. The monoisotopic (exact) mass is 452 g/mol. The van der Waals surface area contributed by atoms with Gasteiger partial charge in [0.2, 0.25) is 0 Å². The van der Waals surface area contributed by atoms with Gasteiger partial charge in [-0.25, -0.2) is 8.42 Å². The van der Waals surface area contributed by atoms with E-state index in [0.29, 0.717) is 0 Å². The Bertz CT molecular complexity index is 1070. The molecule has 0 saturated carbocycles. The molecule has 0 amide bonds. The molecule has 3 rings (SSSR count). The average molecular weight is 454 g/mol. The number of anilines is 2. The van der Waals surface area contributed by atoms with Crippen molar-refractivity contribution in [1.29, 1.82) is 0 Å². The number of nitrogens with one attached hydrogen (secondary N) is 1. The van der Waals surface area contributed by atoms with Crippen LogP contribution < -0.4 is 10.5 Å². The van der Waals surface area contributed by atoms with Gasteiger partial charge in [0.1, 0.15) is 10.6 Å². The van der Waals surface area contributed by atoms with Crippen molar-refractivity contribution in [3.8, 4) is 16.9 Å². The number of hydrogen-bond acceptors (Lipinski definition) is 4. The maximum absolute atomic E-state index is 12.7. The van der Waals surface area contributed by atoms with E-state index in [2.05, 4.69) is 20.7 Å². The van der Waals surface area contributed by atoms with Crippen LogP contribution in [0.4, 0.5) is 11.4 Å². The van der Waals surface area contributed by atoms with Crippen LogP contribution in [0.2, 0.25) is 5.02 Å². The molecule has 4 N–H and O–H groups in total. The summed E-state index contributed by atoms with van der Waals surface area (Å²) < 4.78 is 28.0. The van der Waals surface area contributed by atoms with Gasteiger partial charge in [-0.2, -0.15) is 0 Å². The van der Waals surface area contributed by atoms with Crippen LogP contribution in [0.1, 0.15) is 0 Å². The molecule has 134 valence electrons. The van der Waals surface area contributed by atoms with Crippen LogP contribution >= 0.6 is 27.5 Å². The lowest BCUT2D eigenvalue weighted by Gasteiger charge is -2.14. The number of rotatable bonds is 4. The molecule has 0 heterocycles. The molecule has 0 atom stereocenters. The Morgan fingerprint density at radius 3 is 2.38 bits per heavy atom. The molecule has 5 nitrogen and oxygen atoms in total. The lowest BCUT2D eigenvalue weighted by molar-refractivity contribution is 0.455. The quantitative estimate of drug-likeness (QED) is 0.492. The van der Waals surface area contributed by atoms with Gasteiger partial charge >= 0.3 is 0 Å². The first-order valence-corrected chi connectivity index (χ1v) is 10.1. The number of nitrogen functional groups attached to an aromatic ring is 1. The Morgan fingerprint density at radius 2 is 1.69 bits per heavy atom. The van der Waals surface area contributed by atoms with Crippen molar-refractivity contribution >= 4 is 48.9 Å². The molecule has 0 aromatic heterocycles. The van der Waals surface area contributed by atoms with Crippen LogP contribution in [-0.4, -0.2) is 13.5 Å². The largest absolute Gasteiger partial charge is 0.505 e. The summed E-state index contributed by atoms with van der Waals surface area (Å²) in [6.07, 6.45) is 0. The lowest BCUT2D eigenvalue weighted by Crippen LogP contribution is -2.14. The molecule has 8 heteroatoms. The molecule has 0 aliphatic rings. The fourth-order valence-electron chi connectivity index (χ4n) is 2.40. The van der Waals surface area contributed by atoms with E-state index in [-0.39, 0.29) is 25.8 Å². The van der Waals surface area contributed by atoms with Gasteiger partial charge in [-0.05, 0) is 51.3 Å². The fraction of sp³-hybridized carbons (Fsp3) is 0. The van der Waals surface area contributed by atoms with Gasteiger partial charge in [0.25, 0.3) is 10.0 Å². The number of sulfonamides is 1. The van der Waals surface area contributed by atoms with Gasteiger partial charge in [-0.1, -0.05) is 48.0 Å². The second-order valence-corrected chi connectivity index (χ2v) is 8.45. The van der Waals surface area contributed by atoms with Crippen molar-refractivity contribution in [2.24, 2.45) is 0 Å². The molecule has 0 radical (unpaired) electrons. The molecule has 0 aliphatic carbocycles. The summed E-state index contributed by atoms with van der Waals surface area (Å²) in [5.41, 5.74) is 8.11. The maximum atomic E-state index is 12.7. The molecule has 0 saturated heterocycles. The van der Waals surface area contributed by atoms with Gasteiger partial charge in [0, 0.05) is 5.02 Å². The van der Waals surface area contributed by atoms with E-state index in [1.807, 2.05) is 30.3 Å². The first-order valence-electron chi connectivity index (χ1n) is 7.44. The maximum Gasteiger partial charge on any atom is 0.265 e. The van der Waals surface area contributed by atoms with E-state index in [4.69, 9.17) is 17.3 Å². The number of halogens is 2. The van der Waals surface area contributed by atoms with Crippen molar-refractivity contribution < 1.29 is 13.5 Å². The molecule has 3 aromatic carbocycles. The molecule has 0 fully saturated rings. The molecular formula is C18H14BrClN2O3S. The number of phenolic OH excluding ortho intramolecular Hbond substituents is 1. The zero-order chi connectivity index (χ0) is 18.9. The third-order valence-electron chi connectivity index (χ3n) is 3.69. The summed E-state index contributed by atoms with van der Waals surface area (Å²) in [7, 11) is -4.10. The normalized spacial score (nSPS) is 11.3. The average Bonchev–Trinajstić information content (AvgIpc) is 2.60. The van der Waals surface area contributed by atoms with E-state index in [0.717, 1.165) is 11.1 Å². The number of aromatic hydroxyl groups is 1. The molecule has 0 aliphatic heterocycles. The zero-order valence-corrected chi connectivity index (χ0v) is 16.4. The summed E-state index contributed by atoms with van der Waals surface area (Å²) in [5.74, 6) is -0.431. The van der Waals surface area contributed by atoms with Crippen LogP contribution in [0.15, 0.2) is 70.0 Å². The minimum absolute atomic E-state index is 0.168. The van der Waals surface area contributed by atoms with Gasteiger partial charge in [0.15, 0.2) is 0 Å². The minimum Gasteiger partial charge on any atom is -0.505 e. The summed E-state index contributed by atoms with van der Waals surface area (Å²) >= 11 is 8.99. The highest BCUT2D eigenvalue weighted by Gasteiger charge is 2.22. The predicted octanol–water partition coefficient (Wildman–Crippen LogP) is 4.86. The first-order chi connectivity index (χ1) is 12.3. The van der Waals surface area contributed by atoms with Crippen LogP contribution in [0.5, 0.6) is 5.75 Å². The van der Waals surface area contributed by atoms with Crippen LogP contribution in [0.25, 0.3) is 11.1 Å². The highest BCUT2D eigenvalue weighted by molar-refractivity contribution is 9.10. The molecule has 0 bridgehead atoms. The second kappa shape index (κ2) is 7.19. The third-order valence-corrected chi connectivity index (χ3v) is 5.89. The molecule has 0 unspecified atom stereocenters. The Hall–Kier alpha value is -2.22. The van der Waals surface area contributed by atoms with Crippen molar-refractivity contribution in [1.82, 2.24) is 0 Å². The van der Waals surface area contributed by atoms with Crippen LogP contribution in [-0.2, 0) is 10.0 Å². The van der Waals surface area contributed by atoms with E-state index in [9.17, 15) is 13.5 Å². The standard InChI is InChI=1S/C18H14BrClN2O3S/c19-14-9-13(20)10-17(18(14)23)26(24,25)22-16-8-12(6-7-15(16)21)11-4-2-1-3-5-11/h1-10,22-23H,21H2. The molecule has 0 spiro atoms. The SMILES string of the molecule is Nc1ccc(-c2ccccc2)cc1NS(=O)(=O)c1cc(Cl)cc(Br)c1O. The second-order valence-electron chi connectivity index (χ2n) is 5.51. The smallest absolute Gasteiger partial charge is 0.265 e. The molecular weight excluding hydrogens is 440 g/mol. The fourth-order valence-corrected chi connectivity index (χ4v) is 4.63. The van der Waals surface area contributed by atoms with Crippen molar-refractivity contribution in [3.63, 3.8) is 0 Å². The highest BCUT2D eigenvalue weighted by atomic mass is 79.9. The third kappa shape index (κ3) is 3.80. The lowest BCUT2D eigenvalue weighted by atomic mass is 10.0. The number of phenols is 1. The summed E-state index contributed by atoms with van der Waals surface area (Å²) in [5, 5.41) is 10.2. The number of hydrogen-bond donors (Lipinski definition) is 3. The van der Waals surface area contributed by atoms with Gasteiger partial charge in [-0.15, -0.1) is 0 Å². The van der Waals surface area contributed by atoms with E-state index in [1.165, 1.54) is 12.1 Å². The first kappa shape index (κ1) is 18.6. The zero-order valence-electron chi connectivity index (χ0n) is 13.3. The Morgan fingerprint density at radius 1 is 1.00 bits per heavy atom. The topological polar surface area (TPSA) is 92.4 Å². The number of benzene rings is 3. The van der Waals surface area contributed by atoms with Crippen molar-refractivity contribution in [2.45, 2.75) is 4.90 Å². The highest BCUT2D eigenvalue weighted by Crippen LogP contribution is 2.36. The molecule has 26 heavy (non-hydrogen) atoms. The number of nitrogens with two attached hydrogens (primary N) is 1. The van der Waals surface area contributed by atoms with Gasteiger partial charge < -0.3 is 10.8 Å². The van der Waals surface area contributed by atoms with E-state index in [1.54, 1.807) is 18.2 Å². The van der Waals surface area contributed by atoms with Gasteiger partial charge in [0.05, 0.1) is 15.8 Å². The summed E-state index contributed by atoms with van der Waals surface area (Å²) in [4.78, 5) is -0.346. The van der Waals surface area contributed by atoms with E-state index >= 15 is 0 Å². The Balaban J connectivity index is 2.03. The van der Waals surface area contributed by atoms with Crippen molar-refractivity contribution in [2.75, 3.05) is 10.5 Å². The van der Waals surface area contributed by atoms with Gasteiger partial charge in [-0.3, -0.25) is 4.72 Å². The Kier molecular flexibility index (Phi) is 5.13. The predicted molar refractivity (Wildman–Crippen MR) is 108 cm³/mol. The van der Waals surface area contributed by atoms with E-state index < -0.39 is 15.8 Å². The summed E-state index contributed by atoms with van der Waals surface area (Å²) in [6, 6.07) is 17.1. The van der Waals surface area contributed by atoms with Crippen LogP contribution in [0, 0.1) is 0 Å². The Labute approximate surface area is 164 Å². The summed E-state index contributed by atoms with van der Waals surface area (Å²) in [6.45, 7) is 0. The molecule has 3 aromatic rings.